The molecule has 1 aliphatic rings. The van der Waals surface area contributed by atoms with E-state index >= 15 is 0 Å². The molecular formula is C18H28N4O6. The molecule has 0 radical (unpaired) electrons. The van der Waals surface area contributed by atoms with Crippen LogP contribution in [0, 0.1) is 0 Å². The Balaban J connectivity index is 2.18. The summed E-state index contributed by atoms with van der Waals surface area (Å²) < 4.78 is 9.58. The molecule has 1 aliphatic heterocycles. The molecule has 156 valence electrons. The van der Waals surface area contributed by atoms with Crippen molar-refractivity contribution in [3.8, 4) is 0 Å². The van der Waals surface area contributed by atoms with Crippen LogP contribution in [0.4, 0.5) is 0 Å². The van der Waals surface area contributed by atoms with Crippen molar-refractivity contribution in [2.24, 2.45) is 0 Å². The van der Waals surface area contributed by atoms with Crippen molar-refractivity contribution >= 4 is 11.2 Å². The van der Waals surface area contributed by atoms with E-state index in [9.17, 15) is 24.9 Å². The van der Waals surface area contributed by atoms with E-state index in [1.807, 2.05) is 13.8 Å². The predicted molar refractivity (Wildman–Crippen MR) is 101 cm³/mol. The SMILES string of the molecule is CCCCn1c(=O)c2c(ncn2[C@@H]2O[C@H](CO)[C@@H](O)[C@H]2O)n(CCCC)c1=O. The van der Waals surface area contributed by atoms with Crippen LogP contribution in [0.25, 0.3) is 11.2 Å². The van der Waals surface area contributed by atoms with Gasteiger partial charge in [0.1, 0.15) is 18.3 Å². The lowest BCUT2D eigenvalue weighted by atomic mass is 10.1. The van der Waals surface area contributed by atoms with Crippen LogP contribution >= 0.6 is 0 Å². The van der Waals surface area contributed by atoms with Crippen molar-refractivity contribution in [1.82, 2.24) is 18.7 Å². The molecule has 0 spiro atoms. The average molecular weight is 396 g/mol. The third-order valence-electron chi connectivity index (χ3n) is 5.20. The zero-order valence-corrected chi connectivity index (χ0v) is 16.2. The highest BCUT2D eigenvalue weighted by Gasteiger charge is 2.44. The molecule has 10 nitrogen and oxygen atoms in total. The molecule has 28 heavy (non-hydrogen) atoms. The molecule has 0 bridgehead atoms. The third kappa shape index (κ3) is 3.41. The normalized spacial score (nSPS) is 25.0. The predicted octanol–water partition coefficient (Wildman–Crippen LogP) is -0.429. The maximum atomic E-state index is 13.1. The molecule has 0 aromatic carbocycles. The van der Waals surface area contributed by atoms with Gasteiger partial charge in [-0.2, -0.15) is 0 Å². The highest BCUT2D eigenvalue weighted by Crippen LogP contribution is 2.30. The molecule has 3 rings (SSSR count). The summed E-state index contributed by atoms with van der Waals surface area (Å²) in [5, 5.41) is 29.7. The molecule has 0 amide bonds. The lowest BCUT2D eigenvalue weighted by Crippen LogP contribution is -2.41. The Hall–Kier alpha value is -2.01. The number of aromatic nitrogens is 4. The first-order valence-electron chi connectivity index (χ1n) is 9.78. The summed E-state index contributed by atoms with van der Waals surface area (Å²) >= 11 is 0. The second kappa shape index (κ2) is 8.56. The number of aliphatic hydroxyl groups excluding tert-OH is 3. The largest absolute Gasteiger partial charge is 0.394 e. The van der Waals surface area contributed by atoms with Crippen molar-refractivity contribution in [3.63, 3.8) is 0 Å². The van der Waals surface area contributed by atoms with Gasteiger partial charge in [-0.15, -0.1) is 0 Å². The fourth-order valence-corrected chi connectivity index (χ4v) is 3.54. The Morgan fingerprint density at radius 3 is 2.29 bits per heavy atom. The maximum absolute atomic E-state index is 13.1. The molecule has 4 atom stereocenters. The van der Waals surface area contributed by atoms with E-state index in [2.05, 4.69) is 4.98 Å². The average Bonchev–Trinajstić information content (AvgIpc) is 3.24. The molecule has 2 aromatic heterocycles. The number of rotatable bonds is 8. The summed E-state index contributed by atoms with van der Waals surface area (Å²) in [5.41, 5.74) is -0.530. The van der Waals surface area contributed by atoms with Gasteiger partial charge in [-0.25, -0.2) is 9.78 Å². The van der Waals surface area contributed by atoms with Crippen LogP contribution in [0.3, 0.4) is 0 Å². The Labute approximate surface area is 161 Å². The summed E-state index contributed by atoms with van der Waals surface area (Å²) in [6.45, 7) is 4.22. The van der Waals surface area contributed by atoms with Crippen LogP contribution in [0.15, 0.2) is 15.9 Å². The number of imidazole rings is 1. The van der Waals surface area contributed by atoms with Crippen LogP contribution in [0.5, 0.6) is 0 Å². The highest BCUT2D eigenvalue weighted by atomic mass is 16.6. The van der Waals surface area contributed by atoms with Crippen LogP contribution < -0.4 is 11.2 Å². The van der Waals surface area contributed by atoms with E-state index in [0.29, 0.717) is 13.0 Å². The Morgan fingerprint density at radius 2 is 1.71 bits per heavy atom. The van der Waals surface area contributed by atoms with Gasteiger partial charge in [0.05, 0.1) is 12.9 Å². The summed E-state index contributed by atoms with van der Waals surface area (Å²) in [6.07, 6.45) is -0.219. The first-order valence-corrected chi connectivity index (χ1v) is 9.78. The van der Waals surface area contributed by atoms with E-state index < -0.39 is 42.4 Å². The van der Waals surface area contributed by atoms with E-state index in [4.69, 9.17) is 4.74 Å². The lowest BCUT2D eigenvalue weighted by Gasteiger charge is -2.18. The van der Waals surface area contributed by atoms with Crippen LogP contribution in [0.2, 0.25) is 0 Å². The first kappa shape index (κ1) is 20.7. The molecule has 0 saturated carbocycles. The van der Waals surface area contributed by atoms with E-state index in [0.717, 1.165) is 19.3 Å². The maximum Gasteiger partial charge on any atom is 0.332 e. The van der Waals surface area contributed by atoms with E-state index in [1.165, 1.54) is 20.0 Å². The highest BCUT2D eigenvalue weighted by molar-refractivity contribution is 5.70. The molecule has 1 fully saturated rings. The molecular weight excluding hydrogens is 368 g/mol. The molecule has 2 aromatic rings. The van der Waals surface area contributed by atoms with Crippen molar-refractivity contribution in [3.05, 3.63) is 27.2 Å². The number of hydrogen-bond donors (Lipinski definition) is 3. The van der Waals surface area contributed by atoms with Gasteiger partial charge in [-0.1, -0.05) is 26.7 Å². The minimum absolute atomic E-state index is 0.140. The van der Waals surface area contributed by atoms with Crippen LogP contribution in [0.1, 0.15) is 45.8 Å². The zero-order chi connectivity index (χ0) is 20.4. The van der Waals surface area contributed by atoms with Crippen LogP contribution in [-0.4, -0.2) is 58.9 Å². The number of aliphatic hydroxyl groups is 3. The number of unbranched alkanes of at least 4 members (excludes halogenated alkanes) is 2. The van der Waals surface area contributed by atoms with E-state index in [1.54, 1.807) is 0 Å². The minimum atomic E-state index is -1.34. The molecule has 3 heterocycles. The molecule has 0 aliphatic carbocycles. The monoisotopic (exact) mass is 396 g/mol. The molecule has 0 unspecified atom stereocenters. The lowest BCUT2D eigenvalue weighted by molar-refractivity contribution is -0.0509. The van der Waals surface area contributed by atoms with Gasteiger partial charge in [0, 0.05) is 13.1 Å². The summed E-state index contributed by atoms with van der Waals surface area (Å²) in [4.78, 5) is 30.2. The van der Waals surface area contributed by atoms with Crippen molar-refractivity contribution in [2.75, 3.05) is 6.61 Å². The van der Waals surface area contributed by atoms with Gasteiger partial charge >= 0.3 is 5.69 Å². The molecule has 1 saturated heterocycles. The van der Waals surface area contributed by atoms with Gasteiger partial charge in [-0.3, -0.25) is 18.5 Å². The topological polar surface area (TPSA) is 132 Å². The zero-order valence-electron chi connectivity index (χ0n) is 16.2. The molecule has 10 heteroatoms. The van der Waals surface area contributed by atoms with Crippen molar-refractivity contribution in [1.29, 1.82) is 0 Å². The second-order valence-corrected chi connectivity index (χ2v) is 7.15. The van der Waals surface area contributed by atoms with Gasteiger partial charge in [0.15, 0.2) is 17.4 Å². The quantitative estimate of drug-likeness (QED) is 0.552. The molecule has 3 N–H and O–H groups in total. The van der Waals surface area contributed by atoms with Crippen LogP contribution in [-0.2, 0) is 17.8 Å². The number of ether oxygens (including phenoxy) is 1. The van der Waals surface area contributed by atoms with Gasteiger partial charge in [-0.05, 0) is 12.8 Å². The summed E-state index contributed by atoms with van der Waals surface area (Å²) in [6, 6.07) is 0. The number of aryl methyl sites for hydroxylation is 1. The fraction of sp³-hybridized carbons (Fsp3) is 0.722. The smallest absolute Gasteiger partial charge is 0.332 e. The Kier molecular flexibility index (Phi) is 6.33. The van der Waals surface area contributed by atoms with Crippen molar-refractivity contribution in [2.45, 2.75) is 77.2 Å². The van der Waals surface area contributed by atoms with Gasteiger partial charge in [0.25, 0.3) is 5.56 Å². The van der Waals surface area contributed by atoms with Crippen molar-refractivity contribution < 1.29 is 20.1 Å². The van der Waals surface area contributed by atoms with E-state index in [-0.39, 0.29) is 17.7 Å². The second-order valence-electron chi connectivity index (χ2n) is 7.15. The standard InChI is InChI=1S/C18H28N4O6/c1-3-5-7-20-15-12(16(26)21(18(20)27)8-6-4-2)22(10-19-15)17-14(25)13(24)11(9-23)28-17/h10-11,13-14,17,23-25H,3-9H2,1-2H3/t11-,13-,14-,17-/m1/s1. The third-order valence-corrected chi connectivity index (χ3v) is 5.20. The fourth-order valence-electron chi connectivity index (χ4n) is 3.54. The number of hydrogen-bond acceptors (Lipinski definition) is 7. The minimum Gasteiger partial charge on any atom is -0.394 e. The first-order chi connectivity index (χ1) is 13.5. The summed E-state index contributed by atoms with van der Waals surface area (Å²) in [7, 11) is 0. The Morgan fingerprint density at radius 1 is 1.07 bits per heavy atom. The van der Waals surface area contributed by atoms with Gasteiger partial charge < -0.3 is 20.1 Å². The number of fused-ring (bicyclic) bond motifs is 1. The summed E-state index contributed by atoms with van der Waals surface area (Å²) in [5.74, 6) is 0. The number of nitrogens with zero attached hydrogens (tertiary/aromatic N) is 4. The Bertz CT molecular complexity index is 933. The van der Waals surface area contributed by atoms with Gasteiger partial charge in [0.2, 0.25) is 0 Å².